The lowest BCUT2D eigenvalue weighted by Crippen LogP contribution is -2.35. The number of amides is 1. The average molecular weight is 443 g/mol. The molecule has 1 N–H and O–H groups in total. The summed E-state index contributed by atoms with van der Waals surface area (Å²) in [5.74, 6) is 2.16. The minimum absolute atomic E-state index is 0.0997. The number of piperidine rings is 1. The summed E-state index contributed by atoms with van der Waals surface area (Å²) in [6.45, 7) is 3.68. The van der Waals surface area contributed by atoms with Gasteiger partial charge in [0.05, 0.1) is 14.2 Å². The van der Waals surface area contributed by atoms with E-state index in [1.54, 1.807) is 26.0 Å². The second-order valence-electron chi connectivity index (χ2n) is 8.08. The lowest BCUT2D eigenvalue weighted by Gasteiger charge is -2.32. The second-order valence-corrected chi connectivity index (χ2v) is 8.96. The number of carbonyl (C=O) groups is 1. The van der Waals surface area contributed by atoms with Crippen LogP contribution in [0.15, 0.2) is 47.4 Å². The van der Waals surface area contributed by atoms with Crippen molar-refractivity contribution in [2.24, 2.45) is 5.92 Å². The van der Waals surface area contributed by atoms with E-state index in [4.69, 9.17) is 9.47 Å². The van der Waals surface area contributed by atoms with Crippen molar-refractivity contribution in [3.63, 3.8) is 0 Å². The van der Waals surface area contributed by atoms with E-state index < -0.39 is 0 Å². The molecule has 0 aliphatic carbocycles. The van der Waals surface area contributed by atoms with Gasteiger partial charge in [0.25, 0.3) is 0 Å². The van der Waals surface area contributed by atoms with Crippen molar-refractivity contribution in [2.75, 3.05) is 33.6 Å². The van der Waals surface area contributed by atoms with Crippen LogP contribution in [0.3, 0.4) is 0 Å². The van der Waals surface area contributed by atoms with Crippen LogP contribution in [0.4, 0.5) is 0 Å². The zero-order valence-electron chi connectivity index (χ0n) is 18.9. The van der Waals surface area contributed by atoms with E-state index in [-0.39, 0.29) is 5.91 Å². The van der Waals surface area contributed by atoms with Gasteiger partial charge in [-0.2, -0.15) is 0 Å². The molecule has 0 spiro atoms. The van der Waals surface area contributed by atoms with Gasteiger partial charge >= 0.3 is 0 Å². The third kappa shape index (κ3) is 7.18. The predicted octanol–water partition coefficient (Wildman–Crippen LogP) is 4.73. The summed E-state index contributed by atoms with van der Waals surface area (Å²) in [6.07, 6.45) is 6.03. The van der Waals surface area contributed by atoms with Crippen molar-refractivity contribution < 1.29 is 14.3 Å². The highest BCUT2D eigenvalue weighted by molar-refractivity contribution is 7.98. The van der Waals surface area contributed by atoms with Crippen LogP contribution in [0.5, 0.6) is 11.5 Å². The van der Waals surface area contributed by atoms with Gasteiger partial charge < -0.3 is 14.8 Å². The Morgan fingerprint density at radius 2 is 1.97 bits per heavy atom. The Morgan fingerprint density at radius 3 is 2.68 bits per heavy atom. The molecule has 0 radical (unpaired) electrons. The van der Waals surface area contributed by atoms with Gasteiger partial charge in [0.15, 0.2) is 0 Å². The summed E-state index contributed by atoms with van der Waals surface area (Å²) in [5, 5.41) is 3.04. The third-order valence-corrected chi connectivity index (χ3v) is 6.66. The maximum atomic E-state index is 12.4. The first-order valence-electron chi connectivity index (χ1n) is 10.9. The van der Waals surface area contributed by atoms with Crippen LogP contribution in [0, 0.1) is 5.92 Å². The van der Waals surface area contributed by atoms with E-state index in [2.05, 4.69) is 40.7 Å². The fraction of sp³-hybridized carbons (Fsp3) is 0.480. The van der Waals surface area contributed by atoms with Crippen molar-refractivity contribution >= 4 is 17.7 Å². The van der Waals surface area contributed by atoms with Gasteiger partial charge in [0, 0.05) is 42.6 Å². The molecule has 1 fully saturated rings. The molecular weight excluding hydrogens is 408 g/mol. The zero-order valence-corrected chi connectivity index (χ0v) is 19.7. The first-order chi connectivity index (χ1) is 15.1. The number of rotatable bonds is 10. The molecule has 1 amide bonds. The molecule has 1 aliphatic heterocycles. The van der Waals surface area contributed by atoms with Crippen LogP contribution in [-0.2, 0) is 17.9 Å². The maximum Gasteiger partial charge on any atom is 0.220 e. The Morgan fingerprint density at radius 1 is 1.16 bits per heavy atom. The fourth-order valence-corrected chi connectivity index (χ4v) is 4.54. The molecule has 2 aromatic rings. The van der Waals surface area contributed by atoms with Gasteiger partial charge in [-0.15, -0.1) is 11.8 Å². The highest BCUT2D eigenvalue weighted by atomic mass is 32.2. The summed E-state index contributed by atoms with van der Waals surface area (Å²) in [7, 11) is 3.26. The van der Waals surface area contributed by atoms with E-state index in [0.29, 0.717) is 18.9 Å². The molecule has 168 valence electrons. The fourth-order valence-electron chi connectivity index (χ4n) is 4.13. The van der Waals surface area contributed by atoms with Crippen LogP contribution >= 0.6 is 11.8 Å². The minimum Gasteiger partial charge on any atom is -0.497 e. The van der Waals surface area contributed by atoms with E-state index >= 15 is 0 Å². The lowest BCUT2D eigenvalue weighted by atomic mass is 9.93. The standard InChI is InChI=1S/C25H34N2O3S/c1-29-22-10-9-21(24(15-22)30-2)16-26-25(28)13-8-19-5-4-14-27(17-19)18-20-6-11-23(31-3)12-7-20/h6-7,9-12,15,19H,4-5,8,13-14,16-18H2,1-3H3,(H,26,28)/t19-/m1/s1. The molecule has 1 heterocycles. The van der Waals surface area contributed by atoms with Crippen molar-refractivity contribution in [2.45, 2.75) is 43.7 Å². The molecule has 6 heteroatoms. The Kier molecular flexibility index (Phi) is 9.10. The number of benzene rings is 2. The SMILES string of the molecule is COc1ccc(CNC(=O)CC[C@H]2CCCN(Cc3ccc(SC)cc3)C2)c(OC)c1. The highest BCUT2D eigenvalue weighted by Crippen LogP contribution is 2.25. The van der Waals surface area contributed by atoms with Crippen molar-refractivity contribution in [1.29, 1.82) is 0 Å². The summed E-state index contributed by atoms with van der Waals surface area (Å²) in [6, 6.07) is 14.5. The van der Waals surface area contributed by atoms with E-state index in [0.717, 1.165) is 43.1 Å². The summed E-state index contributed by atoms with van der Waals surface area (Å²) >= 11 is 1.78. The smallest absolute Gasteiger partial charge is 0.220 e. The Labute approximate surface area is 190 Å². The lowest BCUT2D eigenvalue weighted by molar-refractivity contribution is -0.121. The van der Waals surface area contributed by atoms with Gasteiger partial charge in [-0.3, -0.25) is 9.69 Å². The van der Waals surface area contributed by atoms with E-state index in [1.165, 1.54) is 23.3 Å². The molecule has 31 heavy (non-hydrogen) atoms. The van der Waals surface area contributed by atoms with Gasteiger partial charge in [-0.05, 0) is 67.8 Å². The molecule has 1 aliphatic rings. The number of hydrogen-bond donors (Lipinski definition) is 1. The largest absolute Gasteiger partial charge is 0.497 e. The maximum absolute atomic E-state index is 12.4. The third-order valence-electron chi connectivity index (χ3n) is 5.92. The van der Waals surface area contributed by atoms with Gasteiger partial charge in [-0.1, -0.05) is 12.1 Å². The molecule has 0 unspecified atom stereocenters. The highest BCUT2D eigenvalue weighted by Gasteiger charge is 2.21. The van der Waals surface area contributed by atoms with Crippen LogP contribution < -0.4 is 14.8 Å². The molecule has 2 aromatic carbocycles. The summed E-state index contributed by atoms with van der Waals surface area (Å²) < 4.78 is 10.6. The Hall–Kier alpha value is -2.18. The minimum atomic E-state index is 0.0997. The molecular formula is C25H34N2O3S. The number of hydrogen-bond acceptors (Lipinski definition) is 5. The summed E-state index contributed by atoms with van der Waals surface area (Å²) in [5.41, 5.74) is 2.32. The zero-order chi connectivity index (χ0) is 22.1. The first-order valence-corrected chi connectivity index (χ1v) is 12.2. The molecule has 3 rings (SSSR count). The number of ether oxygens (including phenoxy) is 2. The number of thioether (sulfide) groups is 1. The van der Waals surface area contributed by atoms with E-state index in [9.17, 15) is 4.79 Å². The number of methoxy groups -OCH3 is 2. The summed E-state index contributed by atoms with van der Waals surface area (Å²) in [4.78, 5) is 16.3. The van der Waals surface area contributed by atoms with Crippen LogP contribution in [0.2, 0.25) is 0 Å². The van der Waals surface area contributed by atoms with Crippen molar-refractivity contribution in [3.05, 3.63) is 53.6 Å². The van der Waals surface area contributed by atoms with Gasteiger partial charge in [0.2, 0.25) is 5.91 Å². The van der Waals surface area contributed by atoms with Crippen molar-refractivity contribution in [3.8, 4) is 11.5 Å². The predicted molar refractivity (Wildman–Crippen MR) is 127 cm³/mol. The molecule has 0 bridgehead atoms. The van der Waals surface area contributed by atoms with E-state index in [1.807, 2.05) is 18.2 Å². The number of likely N-dealkylation sites (tertiary alicyclic amines) is 1. The number of nitrogens with zero attached hydrogens (tertiary/aromatic N) is 1. The monoisotopic (exact) mass is 442 g/mol. The van der Waals surface area contributed by atoms with Crippen LogP contribution in [0.1, 0.15) is 36.8 Å². The molecule has 0 aromatic heterocycles. The number of nitrogens with one attached hydrogen (secondary N) is 1. The van der Waals surface area contributed by atoms with Crippen LogP contribution in [0.25, 0.3) is 0 Å². The second kappa shape index (κ2) is 12.0. The average Bonchev–Trinajstić information content (AvgIpc) is 2.82. The van der Waals surface area contributed by atoms with Gasteiger partial charge in [-0.25, -0.2) is 0 Å². The Bertz CT molecular complexity index is 841. The number of carbonyl (C=O) groups excluding carboxylic acids is 1. The first kappa shape index (κ1) is 23.5. The van der Waals surface area contributed by atoms with Crippen LogP contribution in [-0.4, -0.2) is 44.4 Å². The van der Waals surface area contributed by atoms with Crippen molar-refractivity contribution in [1.82, 2.24) is 10.2 Å². The quantitative estimate of drug-likeness (QED) is 0.539. The van der Waals surface area contributed by atoms with Gasteiger partial charge in [0.1, 0.15) is 11.5 Å². The topological polar surface area (TPSA) is 50.8 Å². The Balaban J connectivity index is 1.42. The molecule has 0 saturated carbocycles. The molecule has 5 nitrogen and oxygen atoms in total. The normalized spacial score (nSPS) is 16.7. The molecule has 1 saturated heterocycles. The molecule has 1 atom stereocenters.